The Bertz CT molecular complexity index is 224. The predicted molar refractivity (Wildman–Crippen MR) is 51.3 cm³/mol. The highest BCUT2D eigenvalue weighted by Gasteiger charge is 2.25. The molecule has 1 aliphatic rings. The van der Waals surface area contributed by atoms with Gasteiger partial charge in [-0.3, -0.25) is 4.79 Å². The molecular weight excluding hydrogens is 234 g/mol. The van der Waals surface area contributed by atoms with Crippen molar-refractivity contribution >= 4 is 21.9 Å². The van der Waals surface area contributed by atoms with Gasteiger partial charge in [0, 0.05) is 0 Å². The van der Waals surface area contributed by atoms with Gasteiger partial charge in [-0.05, 0) is 19.3 Å². The Morgan fingerprint density at radius 2 is 2.23 bits per heavy atom. The first-order valence-corrected chi connectivity index (χ1v) is 5.36. The Balaban J connectivity index is 2.34. The topological polar surface area (TPSA) is 50.1 Å². The number of carbonyl (C=O) groups is 1. The number of nitriles is 1. The fourth-order valence-corrected chi connectivity index (χ4v) is 2.16. The standard InChI is InChI=1S/C9H12BrNO2/c10-7-3-1-2-4-8(7)13-9(12)5-6-11/h7-8H,1-5H2. The number of rotatable bonds is 2. The second kappa shape index (κ2) is 5.23. The number of halogens is 1. The highest BCUT2D eigenvalue weighted by Crippen LogP contribution is 2.26. The van der Waals surface area contributed by atoms with Gasteiger partial charge in [-0.2, -0.15) is 5.26 Å². The minimum absolute atomic E-state index is 0.0328. The molecule has 0 saturated heterocycles. The number of esters is 1. The molecule has 0 aromatic carbocycles. The molecule has 4 heteroatoms. The van der Waals surface area contributed by atoms with Crippen LogP contribution >= 0.6 is 15.9 Å². The SMILES string of the molecule is N#CCC(=O)OC1CCCCC1Br. The first-order valence-electron chi connectivity index (χ1n) is 4.44. The molecule has 0 spiro atoms. The molecule has 72 valence electrons. The summed E-state index contributed by atoms with van der Waals surface area (Å²) in [6.07, 6.45) is 4.07. The molecule has 0 aromatic rings. The van der Waals surface area contributed by atoms with Crippen molar-refractivity contribution in [2.75, 3.05) is 0 Å². The largest absolute Gasteiger partial charge is 0.460 e. The first kappa shape index (κ1) is 10.5. The fraction of sp³-hybridized carbons (Fsp3) is 0.778. The molecule has 2 unspecified atom stereocenters. The zero-order valence-electron chi connectivity index (χ0n) is 7.33. The van der Waals surface area contributed by atoms with Crippen LogP contribution in [0.25, 0.3) is 0 Å². The van der Waals surface area contributed by atoms with Crippen molar-refractivity contribution in [2.24, 2.45) is 0 Å². The van der Waals surface area contributed by atoms with Crippen molar-refractivity contribution in [1.29, 1.82) is 5.26 Å². The molecule has 2 atom stereocenters. The lowest BCUT2D eigenvalue weighted by Crippen LogP contribution is -2.30. The number of hydrogen-bond acceptors (Lipinski definition) is 3. The van der Waals surface area contributed by atoms with Gasteiger partial charge in [0.05, 0.1) is 10.9 Å². The van der Waals surface area contributed by atoms with Crippen molar-refractivity contribution in [3.63, 3.8) is 0 Å². The summed E-state index contributed by atoms with van der Waals surface area (Å²) in [6, 6.07) is 1.78. The summed E-state index contributed by atoms with van der Waals surface area (Å²) in [7, 11) is 0. The van der Waals surface area contributed by atoms with Crippen LogP contribution in [0.3, 0.4) is 0 Å². The smallest absolute Gasteiger partial charge is 0.320 e. The van der Waals surface area contributed by atoms with Crippen LogP contribution in [0.4, 0.5) is 0 Å². The summed E-state index contributed by atoms with van der Waals surface area (Å²) in [4.78, 5) is 11.3. The van der Waals surface area contributed by atoms with Gasteiger partial charge < -0.3 is 4.74 Å². The van der Waals surface area contributed by atoms with E-state index in [1.165, 1.54) is 6.42 Å². The van der Waals surface area contributed by atoms with Gasteiger partial charge in [-0.15, -0.1) is 0 Å². The maximum Gasteiger partial charge on any atom is 0.320 e. The Morgan fingerprint density at radius 3 is 2.85 bits per heavy atom. The lowest BCUT2D eigenvalue weighted by molar-refractivity contribution is -0.148. The van der Waals surface area contributed by atoms with Crippen LogP contribution < -0.4 is 0 Å². The number of ether oxygens (including phenoxy) is 1. The molecule has 0 radical (unpaired) electrons. The summed E-state index contributed by atoms with van der Waals surface area (Å²) in [6.45, 7) is 0. The molecular formula is C9H12BrNO2. The lowest BCUT2D eigenvalue weighted by Gasteiger charge is -2.26. The molecule has 1 aliphatic carbocycles. The maximum absolute atomic E-state index is 11.0. The Labute approximate surface area is 86.2 Å². The van der Waals surface area contributed by atoms with Gasteiger partial charge in [0.2, 0.25) is 0 Å². The molecule has 0 amide bonds. The van der Waals surface area contributed by atoms with Gasteiger partial charge >= 0.3 is 5.97 Å². The minimum Gasteiger partial charge on any atom is -0.460 e. The summed E-state index contributed by atoms with van der Waals surface area (Å²) in [5.41, 5.74) is 0. The molecule has 0 N–H and O–H groups in total. The summed E-state index contributed by atoms with van der Waals surface area (Å²) in [5.74, 6) is -0.404. The molecule has 1 saturated carbocycles. The fourth-order valence-electron chi connectivity index (χ4n) is 1.46. The zero-order chi connectivity index (χ0) is 9.68. The Morgan fingerprint density at radius 1 is 1.54 bits per heavy atom. The van der Waals surface area contributed by atoms with Crippen molar-refractivity contribution < 1.29 is 9.53 Å². The molecule has 0 aliphatic heterocycles. The van der Waals surface area contributed by atoms with E-state index in [0.717, 1.165) is 19.3 Å². The zero-order valence-corrected chi connectivity index (χ0v) is 8.92. The predicted octanol–water partition coefficient (Wildman–Crippen LogP) is 2.15. The van der Waals surface area contributed by atoms with Gasteiger partial charge in [-0.25, -0.2) is 0 Å². The average Bonchev–Trinajstić information content (AvgIpc) is 2.09. The number of nitrogens with zero attached hydrogens (tertiary/aromatic N) is 1. The van der Waals surface area contributed by atoms with Crippen LogP contribution in [0.1, 0.15) is 32.1 Å². The summed E-state index contributed by atoms with van der Waals surface area (Å²) < 4.78 is 5.14. The monoisotopic (exact) mass is 245 g/mol. The van der Waals surface area contributed by atoms with Gasteiger partial charge in [0.15, 0.2) is 0 Å². The third-order valence-electron chi connectivity index (χ3n) is 2.13. The minimum atomic E-state index is -0.404. The Kier molecular flexibility index (Phi) is 4.23. The van der Waals surface area contributed by atoms with E-state index in [1.54, 1.807) is 6.07 Å². The molecule has 3 nitrogen and oxygen atoms in total. The normalized spacial score (nSPS) is 27.7. The lowest BCUT2D eigenvalue weighted by atomic mass is 9.97. The molecule has 0 heterocycles. The van der Waals surface area contributed by atoms with Crippen molar-refractivity contribution in [2.45, 2.75) is 43.0 Å². The molecule has 1 fully saturated rings. The van der Waals surface area contributed by atoms with Crippen molar-refractivity contribution in [1.82, 2.24) is 0 Å². The highest BCUT2D eigenvalue weighted by molar-refractivity contribution is 9.09. The third kappa shape index (κ3) is 3.35. The van der Waals surface area contributed by atoms with E-state index in [4.69, 9.17) is 10.00 Å². The van der Waals surface area contributed by atoms with E-state index in [9.17, 15) is 4.79 Å². The average molecular weight is 246 g/mol. The van der Waals surface area contributed by atoms with E-state index in [2.05, 4.69) is 15.9 Å². The summed E-state index contributed by atoms with van der Waals surface area (Å²) >= 11 is 3.47. The van der Waals surface area contributed by atoms with Crippen LogP contribution in [0.2, 0.25) is 0 Å². The number of alkyl halides is 1. The van der Waals surface area contributed by atoms with Crippen molar-refractivity contribution in [3.05, 3.63) is 0 Å². The van der Waals surface area contributed by atoms with Crippen molar-refractivity contribution in [3.8, 4) is 6.07 Å². The van der Waals surface area contributed by atoms with E-state index < -0.39 is 5.97 Å². The molecule has 0 aromatic heterocycles. The first-order chi connectivity index (χ1) is 6.24. The highest BCUT2D eigenvalue weighted by atomic mass is 79.9. The number of carbonyl (C=O) groups excluding carboxylic acids is 1. The second-order valence-corrected chi connectivity index (χ2v) is 4.34. The quantitative estimate of drug-likeness (QED) is 0.554. The summed E-state index contributed by atoms with van der Waals surface area (Å²) in [5, 5.41) is 8.27. The maximum atomic E-state index is 11.0. The van der Waals surface area contributed by atoms with Crippen LogP contribution in [-0.2, 0) is 9.53 Å². The number of hydrogen-bond donors (Lipinski definition) is 0. The van der Waals surface area contributed by atoms with Crippen LogP contribution in [0.5, 0.6) is 0 Å². The van der Waals surface area contributed by atoms with Crippen LogP contribution in [0.15, 0.2) is 0 Å². The molecule has 1 rings (SSSR count). The molecule has 13 heavy (non-hydrogen) atoms. The Hall–Kier alpha value is -0.560. The van der Waals surface area contributed by atoms with E-state index in [1.807, 2.05) is 0 Å². The van der Waals surface area contributed by atoms with Gasteiger partial charge in [-0.1, -0.05) is 22.4 Å². The van der Waals surface area contributed by atoms with Gasteiger partial charge in [0.25, 0.3) is 0 Å². The van der Waals surface area contributed by atoms with E-state index in [-0.39, 0.29) is 17.4 Å². The van der Waals surface area contributed by atoms with E-state index in [0.29, 0.717) is 0 Å². The molecule has 0 bridgehead atoms. The van der Waals surface area contributed by atoms with Crippen LogP contribution in [-0.4, -0.2) is 16.9 Å². The van der Waals surface area contributed by atoms with E-state index >= 15 is 0 Å². The van der Waals surface area contributed by atoms with Gasteiger partial charge in [0.1, 0.15) is 12.5 Å². The second-order valence-electron chi connectivity index (χ2n) is 3.16. The third-order valence-corrected chi connectivity index (χ3v) is 3.18. The van der Waals surface area contributed by atoms with Crippen LogP contribution in [0, 0.1) is 11.3 Å².